The zero-order valence-electron chi connectivity index (χ0n) is 13.3. The van der Waals surface area contributed by atoms with E-state index in [1.165, 1.54) is 6.08 Å². The third-order valence-electron chi connectivity index (χ3n) is 3.47. The van der Waals surface area contributed by atoms with Gasteiger partial charge in [-0.25, -0.2) is 0 Å². The van der Waals surface area contributed by atoms with Crippen LogP contribution in [-0.4, -0.2) is 36.4 Å². The van der Waals surface area contributed by atoms with Gasteiger partial charge in [-0.2, -0.15) is 0 Å². The number of likely N-dealkylation sites (tertiary alicyclic amines) is 1. The van der Waals surface area contributed by atoms with Crippen LogP contribution in [0.5, 0.6) is 5.75 Å². The number of rotatable bonds is 6. The Bertz CT molecular complexity index is 602. The van der Waals surface area contributed by atoms with Crippen LogP contribution in [0.3, 0.4) is 0 Å². The van der Waals surface area contributed by atoms with E-state index in [0.29, 0.717) is 11.4 Å². The van der Waals surface area contributed by atoms with E-state index in [-0.39, 0.29) is 18.4 Å². The number of carbonyl (C=O) groups excluding carboxylic acids is 2. The molecule has 0 unspecified atom stereocenters. The number of hydrogen-bond donors (Lipinski definition) is 1. The Hall–Kier alpha value is -2.56. The summed E-state index contributed by atoms with van der Waals surface area (Å²) >= 11 is 0. The van der Waals surface area contributed by atoms with Crippen LogP contribution >= 0.6 is 0 Å². The first kappa shape index (κ1) is 16.8. The summed E-state index contributed by atoms with van der Waals surface area (Å²) in [5.41, 5.74) is 0.631. The van der Waals surface area contributed by atoms with Crippen molar-refractivity contribution in [2.24, 2.45) is 0 Å². The van der Waals surface area contributed by atoms with Crippen molar-refractivity contribution < 1.29 is 14.3 Å². The van der Waals surface area contributed by atoms with E-state index in [1.54, 1.807) is 36.4 Å². The lowest BCUT2D eigenvalue weighted by Gasteiger charge is -2.15. The van der Waals surface area contributed by atoms with Crippen LogP contribution in [-0.2, 0) is 9.59 Å². The average molecular weight is 314 g/mol. The molecule has 1 aliphatic heterocycles. The van der Waals surface area contributed by atoms with Crippen molar-refractivity contribution in [3.8, 4) is 5.75 Å². The van der Waals surface area contributed by atoms with Crippen molar-refractivity contribution in [3.63, 3.8) is 0 Å². The van der Waals surface area contributed by atoms with Gasteiger partial charge in [0.05, 0.1) is 0 Å². The molecule has 0 aromatic heterocycles. The number of nitrogens with one attached hydrogen (secondary N) is 1. The molecule has 2 amide bonds. The highest BCUT2D eigenvalue weighted by Gasteiger charge is 2.18. The van der Waals surface area contributed by atoms with E-state index in [2.05, 4.69) is 5.32 Å². The van der Waals surface area contributed by atoms with Crippen LogP contribution < -0.4 is 10.1 Å². The van der Waals surface area contributed by atoms with Gasteiger partial charge in [-0.05, 0) is 31.9 Å². The summed E-state index contributed by atoms with van der Waals surface area (Å²) in [6.07, 6.45) is 8.87. The third-order valence-corrected chi connectivity index (χ3v) is 3.47. The van der Waals surface area contributed by atoms with Crippen LogP contribution in [0.15, 0.2) is 48.6 Å². The Morgan fingerprint density at radius 1 is 1.26 bits per heavy atom. The van der Waals surface area contributed by atoms with E-state index in [1.807, 2.05) is 17.9 Å². The van der Waals surface area contributed by atoms with Crippen molar-refractivity contribution in [3.05, 3.63) is 48.6 Å². The summed E-state index contributed by atoms with van der Waals surface area (Å²) < 4.78 is 5.53. The zero-order chi connectivity index (χ0) is 16.5. The zero-order valence-corrected chi connectivity index (χ0v) is 13.3. The minimum absolute atomic E-state index is 0.00576. The van der Waals surface area contributed by atoms with Crippen molar-refractivity contribution in [1.82, 2.24) is 4.90 Å². The Labute approximate surface area is 136 Å². The summed E-state index contributed by atoms with van der Waals surface area (Å²) in [4.78, 5) is 25.5. The number of ether oxygens (including phenoxy) is 1. The van der Waals surface area contributed by atoms with Gasteiger partial charge in [0.1, 0.15) is 5.75 Å². The molecule has 1 saturated heterocycles. The lowest BCUT2D eigenvalue weighted by molar-refractivity contribution is -0.132. The molecule has 1 N–H and O–H groups in total. The molecule has 23 heavy (non-hydrogen) atoms. The SMILES string of the molecule is C/C=C/C=C/C(=O)Nc1cccc(OCC(=O)N2CCCC2)c1. The van der Waals surface area contributed by atoms with Gasteiger partial charge in [-0.15, -0.1) is 0 Å². The van der Waals surface area contributed by atoms with Crippen molar-refractivity contribution in [1.29, 1.82) is 0 Å². The highest BCUT2D eigenvalue weighted by atomic mass is 16.5. The summed E-state index contributed by atoms with van der Waals surface area (Å²) in [5.74, 6) is 0.354. The van der Waals surface area contributed by atoms with Gasteiger partial charge in [0, 0.05) is 30.9 Å². The van der Waals surface area contributed by atoms with E-state index in [4.69, 9.17) is 4.74 Å². The fraction of sp³-hybridized carbons (Fsp3) is 0.333. The van der Waals surface area contributed by atoms with Crippen LogP contribution in [0, 0.1) is 0 Å². The molecule has 0 radical (unpaired) electrons. The molecule has 1 aromatic carbocycles. The molecule has 0 bridgehead atoms. The first-order valence-electron chi connectivity index (χ1n) is 7.80. The Morgan fingerprint density at radius 3 is 2.78 bits per heavy atom. The largest absolute Gasteiger partial charge is 0.484 e. The Morgan fingerprint density at radius 2 is 2.04 bits per heavy atom. The smallest absolute Gasteiger partial charge is 0.260 e. The maximum atomic E-state index is 11.9. The molecular weight excluding hydrogens is 292 g/mol. The molecular formula is C18H22N2O3. The summed E-state index contributed by atoms with van der Waals surface area (Å²) in [7, 11) is 0. The van der Waals surface area contributed by atoms with Crippen molar-refractivity contribution in [2.45, 2.75) is 19.8 Å². The number of benzene rings is 1. The third kappa shape index (κ3) is 5.62. The van der Waals surface area contributed by atoms with Gasteiger partial charge < -0.3 is 15.0 Å². The summed E-state index contributed by atoms with van der Waals surface area (Å²) in [6.45, 7) is 3.54. The quantitative estimate of drug-likeness (QED) is 0.649. The van der Waals surface area contributed by atoms with Crippen LogP contribution in [0.4, 0.5) is 5.69 Å². The average Bonchev–Trinajstić information content (AvgIpc) is 3.08. The predicted octanol–water partition coefficient (Wildman–Crippen LogP) is 2.76. The molecule has 0 atom stereocenters. The highest BCUT2D eigenvalue weighted by Crippen LogP contribution is 2.18. The topological polar surface area (TPSA) is 58.6 Å². The fourth-order valence-corrected chi connectivity index (χ4v) is 2.30. The second-order valence-corrected chi connectivity index (χ2v) is 5.28. The first-order chi connectivity index (χ1) is 11.2. The Balaban J connectivity index is 1.86. The summed E-state index contributed by atoms with van der Waals surface area (Å²) in [5, 5.41) is 2.75. The first-order valence-corrected chi connectivity index (χ1v) is 7.80. The lowest BCUT2D eigenvalue weighted by Crippen LogP contribution is -2.32. The number of carbonyl (C=O) groups is 2. The number of nitrogens with zero attached hydrogens (tertiary/aromatic N) is 1. The van der Waals surface area contributed by atoms with Gasteiger partial charge in [-0.3, -0.25) is 9.59 Å². The van der Waals surface area contributed by atoms with Gasteiger partial charge in [0.15, 0.2) is 6.61 Å². The molecule has 5 nitrogen and oxygen atoms in total. The molecule has 122 valence electrons. The second kappa shape index (κ2) is 8.78. The molecule has 1 heterocycles. The minimum atomic E-state index is -0.214. The maximum absolute atomic E-state index is 11.9. The molecule has 5 heteroatoms. The number of anilines is 1. The molecule has 2 rings (SSSR count). The van der Waals surface area contributed by atoms with Crippen molar-refractivity contribution >= 4 is 17.5 Å². The van der Waals surface area contributed by atoms with Gasteiger partial charge in [0.25, 0.3) is 5.91 Å². The lowest BCUT2D eigenvalue weighted by atomic mass is 10.3. The number of amides is 2. The maximum Gasteiger partial charge on any atom is 0.260 e. The standard InChI is InChI=1S/C18H22N2O3/c1-2-3-4-10-17(21)19-15-8-7-9-16(13-15)23-14-18(22)20-11-5-6-12-20/h2-4,7-10,13H,5-6,11-12,14H2,1H3,(H,19,21)/b3-2+,10-4+. The van der Waals surface area contributed by atoms with Gasteiger partial charge in [0.2, 0.25) is 5.91 Å². The van der Waals surface area contributed by atoms with Crippen LogP contribution in [0.2, 0.25) is 0 Å². The van der Waals surface area contributed by atoms with Crippen LogP contribution in [0.1, 0.15) is 19.8 Å². The van der Waals surface area contributed by atoms with Gasteiger partial charge >= 0.3 is 0 Å². The van der Waals surface area contributed by atoms with E-state index in [9.17, 15) is 9.59 Å². The Kier molecular flexibility index (Phi) is 6.41. The number of hydrogen-bond acceptors (Lipinski definition) is 3. The molecule has 0 saturated carbocycles. The highest BCUT2D eigenvalue weighted by molar-refractivity contribution is 5.99. The minimum Gasteiger partial charge on any atom is -0.484 e. The second-order valence-electron chi connectivity index (χ2n) is 5.28. The molecule has 1 aromatic rings. The van der Waals surface area contributed by atoms with Crippen LogP contribution in [0.25, 0.3) is 0 Å². The predicted molar refractivity (Wildman–Crippen MR) is 90.3 cm³/mol. The van der Waals surface area contributed by atoms with Gasteiger partial charge in [-0.1, -0.05) is 24.3 Å². The van der Waals surface area contributed by atoms with E-state index in [0.717, 1.165) is 25.9 Å². The monoisotopic (exact) mass is 314 g/mol. The number of allylic oxidation sites excluding steroid dienone is 3. The fourth-order valence-electron chi connectivity index (χ4n) is 2.30. The van der Waals surface area contributed by atoms with Crippen molar-refractivity contribution in [2.75, 3.05) is 25.0 Å². The molecule has 1 fully saturated rings. The summed E-state index contributed by atoms with van der Waals surface area (Å²) in [6, 6.07) is 7.03. The molecule has 0 spiro atoms. The molecule has 0 aliphatic carbocycles. The van der Waals surface area contributed by atoms with E-state index >= 15 is 0 Å². The molecule has 1 aliphatic rings. The van der Waals surface area contributed by atoms with E-state index < -0.39 is 0 Å². The normalized spacial score (nSPS) is 14.6.